The molecule has 0 aromatic rings. The minimum absolute atomic E-state index is 0.515. The quantitative estimate of drug-likeness (QED) is 0.612. The molecule has 2 aliphatic heterocycles. The van der Waals surface area contributed by atoms with Crippen LogP contribution in [0, 0.1) is 10.8 Å². The molecule has 1 nitrogen and oxygen atoms in total. The van der Waals surface area contributed by atoms with Crippen molar-refractivity contribution in [1.29, 1.82) is 0 Å². The van der Waals surface area contributed by atoms with Crippen LogP contribution in [0.4, 0.5) is 0 Å². The summed E-state index contributed by atoms with van der Waals surface area (Å²) >= 11 is 0. The molecule has 15 heavy (non-hydrogen) atoms. The number of piperidine rings is 1. The van der Waals surface area contributed by atoms with E-state index in [4.69, 9.17) is 0 Å². The molecule has 0 aromatic heterocycles. The van der Waals surface area contributed by atoms with E-state index >= 15 is 0 Å². The highest BCUT2D eigenvalue weighted by molar-refractivity contribution is 4.93. The monoisotopic (exact) mass is 210 g/mol. The fraction of sp³-hybridized carbons (Fsp3) is 1.00. The van der Waals surface area contributed by atoms with Crippen LogP contribution in [0.25, 0.3) is 0 Å². The predicted molar refractivity (Wildman–Crippen MR) is 65.7 cm³/mol. The molecule has 0 spiro atoms. The highest BCUT2D eigenvalue weighted by atomic mass is 15.4. The third-order valence-electron chi connectivity index (χ3n) is 4.83. The second kappa shape index (κ2) is 3.23. The maximum Gasteiger partial charge on any atom is 0.0850 e. The fourth-order valence-electron chi connectivity index (χ4n) is 4.20. The van der Waals surface area contributed by atoms with Gasteiger partial charge in [0.2, 0.25) is 0 Å². The van der Waals surface area contributed by atoms with Crippen molar-refractivity contribution >= 4 is 0 Å². The van der Waals surface area contributed by atoms with E-state index in [9.17, 15) is 0 Å². The molecule has 0 amide bonds. The van der Waals surface area contributed by atoms with E-state index < -0.39 is 0 Å². The van der Waals surface area contributed by atoms with Gasteiger partial charge in [-0.25, -0.2) is 0 Å². The largest absolute Gasteiger partial charge is 0.321 e. The molecule has 0 aromatic carbocycles. The van der Waals surface area contributed by atoms with E-state index in [0.717, 1.165) is 6.04 Å². The van der Waals surface area contributed by atoms with Crippen LogP contribution in [0.2, 0.25) is 0 Å². The normalized spacial score (nSPS) is 40.4. The van der Waals surface area contributed by atoms with Crippen molar-refractivity contribution in [2.24, 2.45) is 10.8 Å². The molecule has 2 heterocycles. The first-order valence-corrected chi connectivity index (χ1v) is 6.63. The van der Waals surface area contributed by atoms with Crippen LogP contribution in [0.15, 0.2) is 0 Å². The summed E-state index contributed by atoms with van der Waals surface area (Å²) in [6.07, 6.45) is 4.41. The van der Waals surface area contributed by atoms with E-state index in [2.05, 4.69) is 34.6 Å². The van der Waals surface area contributed by atoms with Gasteiger partial charge in [-0.3, -0.25) is 0 Å². The zero-order valence-electron chi connectivity index (χ0n) is 11.3. The lowest BCUT2D eigenvalue weighted by molar-refractivity contribution is -0.929. The smallest absolute Gasteiger partial charge is 0.0850 e. The Balaban J connectivity index is 2.10. The minimum atomic E-state index is 0.515. The molecule has 0 N–H and O–H groups in total. The maximum atomic E-state index is 2.42. The number of hydrogen-bond acceptors (Lipinski definition) is 0. The molecule has 2 fully saturated rings. The van der Waals surface area contributed by atoms with Crippen molar-refractivity contribution in [2.75, 3.05) is 19.6 Å². The zero-order valence-corrected chi connectivity index (χ0v) is 11.3. The first kappa shape index (κ1) is 11.4. The van der Waals surface area contributed by atoms with E-state index in [0.29, 0.717) is 10.8 Å². The minimum Gasteiger partial charge on any atom is -0.321 e. The number of rotatable bonds is 2. The van der Waals surface area contributed by atoms with Gasteiger partial charge in [0, 0.05) is 18.3 Å². The Morgan fingerprint density at radius 2 is 1.67 bits per heavy atom. The van der Waals surface area contributed by atoms with Crippen molar-refractivity contribution in [3.8, 4) is 0 Å². The third kappa shape index (κ3) is 1.95. The van der Waals surface area contributed by atoms with E-state index in [1.54, 1.807) is 0 Å². The lowest BCUT2D eigenvalue weighted by Gasteiger charge is -2.35. The second-order valence-corrected chi connectivity index (χ2v) is 7.66. The highest BCUT2D eigenvalue weighted by Gasteiger charge is 2.56. The number of quaternary nitrogens is 1. The third-order valence-corrected chi connectivity index (χ3v) is 4.83. The first-order chi connectivity index (χ1) is 6.77. The van der Waals surface area contributed by atoms with Gasteiger partial charge < -0.3 is 4.48 Å². The molecule has 1 heteroatoms. The summed E-state index contributed by atoms with van der Waals surface area (Å²) in [5, 5.41) is 0. The van der Waals surface area contributed by atoms with Crippen LogP contribution >= 0.6 is 0 Å². The summed E-state index contributed by atoms with van der Waals surface area (Å²) in [6.45, 7) is 16.4. The Kier molecular flexibility index (Phi) is 2.46. The van der Waals surface area contributed by atoms with Gasteiger partial charge in [0.25, 0.3) is 0 Å². The molecule has 0 unspecified atom stereocenters. The van der Waals surface area contributed by atoms with Gasteiger partial charge in [-0.05, 0) is 25.7 Å². The van der Waals surface area contributed by atoms with Crippen LogP contribution < -0.4 is 0 Å². The lowest BCUT2D eigenvalue weighted by Crippen LogP contribution is -2.49. The van der Waals surface area contributed by atoms with Crippen molar-refractivity contribution in [3.63, 3.8) is 0 Å². The molecule has 88 valence electrons. The Bertz CT molecular complexity index is 239. The Morgan fingerprint density at radius 3 is 2.00 bits per heavy atom. The fourth-order valence-corrected chi connectivity index (χ4v) is 4.20. The molecule has 0 aliphatic carbocycles. The highest BCUT2D eigenvalue weighted by Crippen LogP contribution is 2.52. The molecule has 0 atom stereocenters. The van der Waals surface area contributed by atoms with E-state index in [-0.39, 0.29) is 0 Å². The Labute approximate surface area is 95.4 Å². The molecular weight excluding hydrogens is 182 g/mol. The SMILES string of the molecule is CC(C)[N+]12CCC(CC(C)(C)C)(CC1)C2. The van der Waals surface area contributed by atoms with Crippen LogP contribution in [-0.4, -0.2) is 30.2 Å². The van der Waals surface area contributed by atoms with Crippen molar-refractivity contribution in [2.45, 2.75) is 59.9 Å². The van der Waals surface area contributed by atoms with Crippen molar-refractivity contribution in [1.82, 2.24) is 0 Å². The predicted octanol–water partition coefficient (Wildman–Crippen LogP) is 3.44. The Hall–Kier alpha value is -0.0400. The second-order valence-electron chi connectivity index (χ2n) is 7.66. The average Bonchev–Trinajstić information content (AvgIpc) is 2.56. The van der Waals surface area contributed by atoms with Gasteiger partial charge in [0.1, 0.15) is 0 Å². The van der Waals surface area contributed by atoms with Crippen molar-refractivity contribution < 1.29 is 4.48 Å². The summed E-state index contributed by atoms with van der Waals surface area (Å²) in [5.41, 5.74) is 1.23. The average molecular weight is 210 g/mol. The van der Waals surface area contributed by atoms with Gasteiger partial charge in [-0.1, -0.05) is 20.8 Å². The summed E-state index contributed by atoms with van der Waals surface area (Å²) in [4.78, 5) is 0. The maximum absolute atomic E-state index is 2.42. The van der Waals surface area contributed by atoms with E-state index in [1.165, 1.54) is 43.4 Å². The van der Waals surface area contributed by atoms with Crippen LogP contribution in [0.5, 0.6) is 0 Å². The molecule has 2 bridgehead atoms. The van der Waals surface area contributed by atoms with Gasteiger partial charge >= 0.3 is 0 Å². The molecular formula is C14H28N+. The standard InChI is InChI=1S/C14H28N/c1-12(2)15-8-6-14(11-15,7-9-15)10-13(3,4)5/h12H,6-11H2,1-5H3/q+1. The Morgan fingerprint density at radius 1 is 1.13 bits per heavy atom. The van der Waals surface area contributed by atoms with Gasteiger partial charge in [-0.2, -0.15) is 0 Å². The topological polar surface area (TPSA) is 0 Å². The zero-order chi connectivity index (χ0) is 11.3. The van der Waals surface area contributed by atoms with Gasteiger partial charge in [0.15, 0.2) is 0 Å². The van der Waals surface area contributed by atoms with Crippen molar-refractivity contribution in [3.05, 3.63) is 0 Å². The van der Waals surface area contributed by atoms with Crippen LogP contribution in [0.1, 0.15) is 53.9 Å². The molecule has 0 saturated carbocycles. The number of hydrogen-bond donors (Lipinski definition) is 0. The number of fused-ring (bicyclic) bond motifs is 2. The van der Waals surface area contributed by atoms with Crippen LogP contribution in [-0.2, 0) is 0 Å². The van der Waals surface area contributed by atoms with Crippen LogP contribution in [0.3, 0.4) is 0 Å². The lowest BCUT2D eigenvalue weighted by atomic mass is 9.72. The number of nitrogens with zero attached hydrogens (tertiary/aromatic N) is 1. The first-order valence-electron chi connectivity index (χ1n) is 6.63. The van der Waals surface area contributed by atoms with Gasteiger partial charge in [-0.15, -0.1) is 0 Å². The molecule has 2 rings (SSSR count). The molecule has 0 radical (unpaired) electrons. The summed E-state index contributed by atoms with van der Waals surface area (Å²) < 4.78 is 1.43. The summed E-state index contributed by atoms with van der Waals surface area (Å²) in [5.74, 6) is 0. The molecule has 2 aliphatic rings. The van der Waals surface area contributed by atoms with E-state index in [1.807, 2.05) is 0 Å². The summed E-state index contributed by atoms with van der Waals surface area (Å²) in [6, 6.07) is 0.842. The molecule has 2 saturated heterocycles. The summed E-state index contributed by atoms with van der Waals surface area (Å²) in [7, 11) is 0. The van der Waals surface area contributed by atoms with Gasteiger partial charge in [0.05, 0.1) is 25.7 Å².